The van der Waals surface area contributed by atoms with Crippen molar-refractivity contribution in [3.05, 3.63) is 79.9 Å². The fourth-order valence-electron chi connectivity index (χ4n) is 3.92. The number of hydrogen-bond donors (Lipinski definition) is 1. The van der Waals surface area contributed by atoms with E-state index in [2.05, 4.69) is 0 Å². The van der Waals surface area contributed by atoms with Crippen molar-refractivity contribution < 1.29 is 28.9 Å². The molecule has 11 nitrogen and oxygen atoms in total. The van der Waals surface area contributed by atoms with Crippen LogP contribution in [0.5, 0.6) is 0 Å². The third-order valence-electron chi connectivity index (χ3n) is 5.72. The molecule has 2 unspecified atom stereocenters. The minimum atomic E-state index is -1.67. The second-order valence-electron chi connectivity index (χ2n) is 7.79. The summed E-state index contributed by atoms with van der Waals surface area (Å²) in [6, 6.07) is 11.7. The maximum absolute atomic E-state index is 12.9. The van der Waals surface area contributed by atoms with Gasteiger partial charge in [0.2, 0.25) is 0 Å². The zero-order chi connectivity index (χ0) is 24.0. The van der Waals surface area contributed by atoms with Crippen molar-refractivity contribution in [1.29, 1.82) is 0 Å². The van der Waals surface area contributed by atoms with Crippen molar-refractivity contribution in [2.24, 2.45) is 11.7 Å². The Bertz CT molecular complexity index is 1070. The van der Waals surface area contributed by atoms with Crippen LogP contribution in [0.4, 0.5) is 11.4 Å². The smallest absolute Gasteiger partial charge is 0.327 e. The predicted octanol–water partition coefficient (Wildman–Crippen LogP) is 3.18. The summed E-state index contributed by atoms with van der Waals surface area (Å²) in [4.78, 5) is 46.9. The molecule has 11 heteroatoms. The van der Waals surface area contributed by atoms with Gasteiger partial charge in [-0.25, -0.2) is 0 Å². The molecule has 2 atom stereocenters. The van der Waals surface area contributed by atoms with E-state index < -0.39 is 33.2 Å². The summed E-state index contributed by atoms with van der Waals surface area (Å²) in [6.45, 7) is -0.708. The molecular weight excluding hydrogens is 434 g/mol. The first kappa shape index (κ1) is 23.8. The number of hydrogen-bond acceptors (Lipinski definition) is 9. The molecule has 0 aliphatic heterocycles. The van der Waals surface area contributed by atoms with Crippen LogP contribution in [0.25, 0.3) is 0 Å². The van der Waals surface area contributed by atoms with Gasteiger partial charge in [0, 0.05) is 12.1 Å². The summed E-state index contributed by atoms with van der Waals surface area (Å²) in [5, 5.41) is 22.3. The van der Waals surface area contributed by atoms with Gasteiger partial charge in [0.05, 0.1) is 26.9 Å². The second kappa shape index (κ2) is 10.2. The molecule has 2 aromatic rings. The summed E-state index contributed by atoms with van der Waals surface area (Å²) in [5.74, 6) is -2.61. The number of nitro benzene ring substituents is 2. The van der Waals surface area contributed by atoms with Crippen LogP contribution in [0, 0.1) is 26.1 Å². The average Bonchev–Trinajstić information content (AvgIpc) is 2.81. The lowest BCUT2D eigenvalue weighted by Crippen LogP contribution is -2.59. The largest absolute Gasteiger partial charge is 0.460 e. The first-order valence-corrected chi connectivity index (χ1v) is 10.3. The molecule has 0 amide bonds. The summed E-state index contributed by atoms with van der Waals surface area (Å²) in [6.07, 6.45) is 1.69. The molecule has 2 aromatic carbocycles. The van der Waals surface area contributed by atoms with Crippen LogP contribution in [0.2, 0.25) is 0 Å². The number of carbonyl (C=O) groups excluding carboxylic acids is 2. The first-order chi connectivity index (χ1) is 15.7. The van der Waals surface area contributed by atoms with E-state index in [-0.39, 0.29) is 48.6 Å². The van der Waals surface area contributed by atoms with E-state index in [1.807, 2.05) is 0 Å². The Morgan fingerprint density at radius 2 is 1.42 bits per heavy atom. The highest BCUT2D eigenvalue weighted by Gasteiger charge is 2.49. The molecule has 174 valence electrons. The molecule has 0 bridgehead atoms. The lowest BCUT2D eigenvalue weighted by atomic mass is 9.73. The van der Waals surface area contributed by atoms with Gasteiger partial charge in [-0.3, -0.25) is 29.8 Å². The number of rotatable bonds is 8. The Hall–Kier alpha value is -3.86. The number of nitro groups is 2. The van der Waals surface area contributed by atoms with Gasteiger partial charge in [-0.2, -0.15) is 0 Å². The highest BCUT2D eigenvalue weighted by Crippen LogP contribution is 2.35. The van der Waals surface area contributed by atoms with Gasteiger partial charge < -0.3 is 15.2 Å². The predicted molar refractivity (Wildman–Crippen MR) is 115 cm³/mol. The molecule has 0 spiro atoms. The van der Waals surface area contributed by atoms with Crippen LogP contribution >= 0.6 is 0 Å². The molecule has 1 saturated carbocycles. The molecule has 0 heterocycles. The van der Waals surface area contributed by atoms with Crippen LogP contribution in [0.3, 0.4) is 0 Å². The van der Waals surface area contributed by atoms with E-state index in [0.717, 1.165) is 0 Å². The molecule has 1 aliphatic rings. The average molecular weight is 457 g/mol. The topological polar surface area (TPSA) is 165 Å². The number of benzene rings is 2. The van der Waals surface area contributed by atoms with Gasteiger partial charge in [0.25, 0.3) is 11.4 Å². The number of ether oxygens (including phenoxy) is 2. The number of carbonyl (C=O) groups is 2. The Labute approximate surface area is 188 Å². The van der Waals surface area contributed by atoms with Gasteiger partial charge >= 0.3 is 11.9 Å². The van der Waals surface area contributed by atoms with E-state index in [1.54, 1.807) is 12.1 Å². The minimum Gasteiger partial charge on any atom is -0.460 e. The molecule has 0 radical (unpaired) electrons. The molecule has 2 N–H and O–H groups in total. The monoisotopic (exact) mass is 457 g/mol. The molecule has 3 rings (SSSR count). The van der Waals surface area contributed by atoms with Gasteiger partial charge in [-0.15, -0.1) is 0 Å². The van der Waals surface area contributed by atoms with Crippen molar-refractivity contribution in [3.63, 3.8) is 0 Å². The molecule has 1 aliphatic carbocycles. The van der Waals surface area contributed by atoms with Crippen molar-refractivity contribution in [3.8, 4) is 0 Å². The SMILES string of the molecule is NC1(C(=O)OCc2ccccc2[N+](=O)[O-])CCCCC1C(=O)OCc1ccccc1[N+](=O)[O-]. The van der Waals surface area contributed by atoms with Crippen molar-refractivity contribution in [2.75, 3.05) is 0 Å². The number of para-hydroxylation sites is 2. The van der Waals surface area contributed by atoms with E-state index in [9.17, 15) is 29.8 Å². The quantitative estimate of drug-likeness (QED) is 0.356. The van der Waals surface area contributed by atoms with Crippen LogP contribution in [-0.4, -0.2) is 27.3 Å². The summed E-state index contributed by atoms with van der Waals surface area (Å²) >= 11 is 0. The van der Waals surface area contributed by atoms with Gasteiger partial charge in [-0.1, -0.05) is 37.1 Å². The van der Waals surface area contributed by atoms with Crippen molar-refractivity contribution in [2.45, 2.75) is 44.4 Å². The second-order valence-corrected chi connectivity index (χ2v) is 7.79. The van der Waals surface area contributed by atoms with Crippen LogP contribution in [0.15, 0.2) is 48.5 Å². The third-order valence-corrected chi connectivity index (χ3v) is 5.72. The fraction of sp³-hybridized carbons (Fsp3) is 0.364. The third kappa shape index (κ3) is 5.32. The van der Waals surface area contributed by atoms with Gasteiger partial charge in [0.1, 0.15) is 18.8 Å². The standard InChI is InChI=1S/C22H23N3O8/c23-22(21(27)33-14-16-8-2-4-11-19(16)25(30)31)12-6-5-9-17(22)20(26)32-13-15-7-1-3-10-18(15)24(28)29/h1-4,7-8,10-11,17H,5-6,9,12-14,23H2. The highest BCUT2D eigenvalue weighted by atomic mass is 16.6. The van der Waals surface area contributed by atoms with Crippen molar-refractivity contribution >= 4 is 23.3 Å². The van der Waals surface area contributed by atoms with Crippen LogP contribution in [-0.2, 0) is 32.3 Å². The maximum atomic E-state index is 12.9. The summed E-state index contributed by atoms with van der Waals surface area (Å²) in [5.41, 5.74) is 4.71. The molecule has 0 saturated heterocycles. The van der Waals surface area contributed by atoms with Gasteiger partial charge in [0.15, 0.2) is 0 Å². The maximum Gasteiger partial charge on any atom is 0.327 e. The molecular formula is C22H23N3O8. The number of esters is 2. The zero-order valence-electron chi connectivity index (χ0n) is 17.7. The van der Waals surface area contributed by atoms with E-state index in [4.69, 9.17) is 15.2 Å². The lowest BCUT2D eigenvalue weighted by molar-refractivity contribution is -0.386. The Morgan fingerprint density at radius 3 is 1.97 bits per heavy atom. The number of nitrogens with zero attached hydrogens (tertiary/aromatic N) is 2. The zero-order valence-corrected chi connectivity index (χ0v) is 17.7. The number of nitrogens with two attached hydrogens (primary N) is 1. The first-order valence-electron chi connectivity index (χ1n) is 10.3. The Kier molecular flexibility index (Phi) is 7.34. The van der Waals surface area contributed by atoms with Crippen LogP contribution in [0.1, 0.15) is 36.8 Å². The normalized spacial score (nSPS) is 20.0. The fourth-order valence-corrected chi connectivity index (χ4v) is 3.92. The molecule has 33 heavy (non-hydrogen) atoms. The highest BCUT2D eigenvalue weighted by molar-refractivity contribution is 5.89. The van der Waals surface area contributed by atoms with Gasteiger partial charge in [-0.05, 0) is 25.0 Å². The van der Waals surface area contributed by atoms with Crippen LogP contribution < -0.4 is 5.73 Å². The Morgan fingerprint density at radius 1 is 0.909 bits per heavy atom. The molecule has 1 fully saturated rings. The summed E-state index contributed by atoms with van der Waals surface area (Å²) < 4.78 is 10.6. The van der Waals surface area contributed by atoms with E-state index in [1.165, 1.54) is 36.4 Å². The van der Waals surface area contributed by atoms with E-state index >= 15 is 0 Å². The van der Waals surface area contributed by atoms with E-state index in [0.29, 0.717) is 12.8 Å². The minimum absolute atomic E-state index is 0.175. The lowest BCUT2D eigenvalue weighted by Gasteiger charge is -2.37. The summed E-state index contributed by atoms with van der Waals surface area (Å²) in [7, 11) is 0. The Balaban J connectivity index is 1.70. The molecule has 0 aromatic heterocycles. The van der Waals surface area contributed by atoms with Crippen molar-refractivity contribution in [1.82, 2.24) is 0 Å².